The summed E-state index contributed by atoms with van der Waals surface area (Å²) >= 11 is 0. The first kappa shape index (κ1) is 14.4. The molecule has 0 spiro atoms. The molecule has 3 unspecified atom stereocenters. The van der Waals surface area contributed by atoms with E-state index in [4.69, 9.17) is 5.73 Å². The van der Waals surface area contributed by atoms with Crippen molar-refractivity contribution >= 4 is 5.97 Å². The number of likely N-dealkylation sites (tertiary alicyclic amines) is 1. The second-order valence-corrected chi connectivity index (χ2v) is 5.12. The van der Waals surface area contributed by atoms with Crippen molar-refractivity contribution in [1.82, 2.24) is 4.90 Å². The second kappa shape index (κ2) is 5.80. The van der Waals surface area contributed by atoms with Gasteiger partial charge in [0, 0.05) is 19.1 Å². The van der Waals surface area contributed by atoms with E-state index in [9.17, 15) is 9.90 Å². The van der Waals surface area contributed by atoms with Crippen molar-refractivity contribution in [3.63, 3.8) is 0 Å². The molecule has 0 aliphatic carbocycles. The third kappa shape index (κ3) is 3.66. The van der Waals surface area contributed by atoms with E-state index in [1.54, 1.807) is 0 Å². The van der Waals surface area contributed by atoms with Crippen LogP contribution >= 0.6 is 0 Å². The maximum absolute atomic E-state index is 11.4. The van der Waals surface area contributed by atoms with Gasteiger partial charge in [0.05, 0.1) is 7.11 Å². The van der Waals surface area contributed by atoms with Gasteiger partial charge >= 0.3 is 5.97 Å². The number of aliphatic hydroxyl groups is 1. The maximum Gasteiger partial charge on any atom is 0.338 e. The number of piperidine rings is 1. The normalized spacial score (nSPS) is 29.7. The third-order valence-electron chi connectivity index (χ3n) is 3.56. The molecule has 0 amide bonds. The number of β-amino-alcohol motifs (C(OH)–C–C–N with tert-alkyl or cyclic N) is 1. The van der Waals surface area contributed by atoms with Gasteiger partial charge < -0.3 is 15.6 Å². The van der Waals surface area contributed by atoms with Crippen molar-refractivity contribution in [1.29, 1.82) is 0 Å². The van der Waals surface area contributed by atoms with Gasteiger partial charge in [-0.3, -0.25) is 4.90 Å². The molecule has 5 nitrogen and oxygen atoms in total. The largest absolute Gasteiger partial charge is 0.467 e. The summed E-state index contributed by atoms with van der Waals surface area (Å²) in [4.78, 5) is 13.5. The van der Waals surface area contributed by atoms with Crippen LogP contribution in [0, 0.1) is 5.92 Å². The molecule has 1 saturated heterocycles. The highest BCUT2D eigenvalue weighted by atomic mass is 16.5. The number of nitrogens with two attached hydrogens (primary N) is 1. The molecule has 1 heterocycles. The Bertz CT molecular complexity index is 268. The number of hydrogen-bond acceptors (Lipinski definition) is 5. The third-order valence-corrected chi connectivity index (χ3v) is 3.56. The summed E-state index contributed by atoms with van der Waals surface area (Å²) in [7, 11) is 1.29. The van der Waals surface area contributed by atoms with Crippen LogP contribution in [0.3, 0.4) is 0 Å². The number of rotatable bonds is 4. The van der Waals surface area contributed by atoms with Gasteiger partial charge in [0.25, 0.3) is 0 Å². The van der Waals surface area contributed by atoms with Crippen molar-refractivity contribution in [3.05, 3.63) is 0 Å². The highest BCUT2D eigenvalue weighted by molar-refractivity contribution is 5.78. The first-order valence-electron chi connectivity index (χ1n) is 6.19. The fraction of sp³-hybridized carbons (Fsp3) is 0.917. The Kier molecular flexibility index (Phi) is 4.91. The summed E-state index contributed by atoms with van der Waals surface area (Å²) in [6.07, 6.45) is 1.94. The molecule has 1 fully saturated rings. The molecular formula is C12H24N2O3. The summed E-state index contributed by atoms with van der Waals surface area (Å²) in [5.41, 5.74) is 4.58. The number of esters is 1. The van der Waals surface area contributed by atoms with Gasteiger partial charge in [-0.15, -0.1) is 0 Å². The lowest BCUT2D eigenvalue weighted by molar-refractivity contribution is -0.162. The minimum atomic E-state index is -1.44. The molecule has 3 atom stereocenters. The zero-order chi connectivity index (χ0) is 13.1. The van der Waals surface area contributed by atoms with Crippen LogP contribution in [0.25, 0.3) is 0 Å². The van der Waals surface area contributed by atoms with Gasteiger partial charge in [0.15, 0.2) is 5.60 Å². The summed E-state index contributed by atoms with van der Waals surface area (Å²) in [5.74, 6) is -0.141. The van der Waals surface area contributed by atoms with Crippen LogP contribution < -0.4 is 5.73 Å². The molecule has 5 heteroatoms. The lowest BCUT2D eigenvalue weighted by Gasteiger charge is -2.38. The highest BCUT2D eigenvalue weighted by Gasteiger charge is 2.36. The zero-order valence-electron chi connectivity index (χ0n) is 11.0. The molecular weight excluding hydrogens is 220 g/mol. The molecule has 0 aromatic heterocycles. The Morgan fingerprint density at radius 3 is 2.82 bits per heavy atom. The zero-order valence-corrected chi connectivity index (χ0v) is 11.0. The first-order valence-corrected chi connectivity index (χ1v) is 6.19. The summed E-state index contributed by atoms with van der Waals surface area (Å²) in [5, 5.41) is 10.0. The number of ether oxygens (including phenoxy) is 1. The number of nitrogens with zero attached hydrogens (tertiary/aromatic N) is 1. The Labute approximate surface area is 103 Å². The molecule has 1 aliphatic heterocycles. The molecule has 1 aliphatic rings. The SMILES string of the molecule is CCC1CN(CC(C)(O)C(=O)OC)CCC1N. The fourth-order valence-corrected chi connectivity index (χ4v) is 2.42. The lowest BCUT2D eigenvalue weighted by atomic mass is 9.90. The van der Waals surface area contributed by atoms with Crippen molar-refractivity contribution in [2.75, 3.05) is 26.7 Å². The van der Waals surface area contributed by atoms with Crippen molar-refractivity contribution < 1.29 is 14.6 Å². The number of carbonyl (C=O) groups is 1. The van der Waals surface area contributed by atoms with Gasteiger partial charge in [-0.25, -0.2) is 4.79 Å². The molecule has 0 aromatic carbocycles. The highest BCUT2D eigenvalue weighted by Crippen LogP contribution is 2.20. The lowest BCUT2D eigenvalue weighted by Crippen LogP contribution is -2.53. The molecule has 3 N–H and O–H groups in total. The smallest absolute Gasteiger partial charge is 0.338 e. The minimum absolute atomic E-state index is 0.235. The second-order valence-electron chi connectivity index (χ2n) is 5.12. The molecule has 0 aromatic rings. The minimum Gasteiger partial charge on any atom is -0.467 e. The van der Waals surface area contributed by atoms with E-state index in [1.165, 1.54) is 14.0 Å². The van der Waals surface area contributed by atoms with E-state index in [0.29, 0.717) is 12.5 Å². The Balaban J connectivity index is 2.55. The van der Waals surface area contributed by atoms with E-state index in [1.807, 2.05) is 0 Å². The first-order chi connectivity index (χ1) is 7.90. The predicted molar refractivity (Wildman–Crippen MR) is 65.5 cm³/mol. The Morgan fingerprint density at radius 2 is 2.29 bits per heavy atom. The maximum atomic E-state index is 11.4. The van der Waals surface area contributed by atoms with Gasteiger partial charge in [-0.1, -0.05) is 13.3 Å². The predicted octanol–water partition coefficient (Wildman–Crippen LogP) is -0.0304. The van der Waals surface area contributed by atoms with E-state index in [-0.39, 0.29) is 6.04 Å². The van der Waals surface area contributed by atoms with E-state index in [2.05, 4.69) is 16.6 Å². The van der Waals surface area contributed by atoms with E-state index >= 15 is 0 Å². The van der Waals surface area contributed by atoms with Gasteiger partial charge in [-0.05, 0) is 25.8 Å². The Hall–Kier alpha value is -0.650. The van der Waals surface area contributed by atoms with Gasteiger partial charge in [0.1, 0.15) is 0 Å². The molecule has 1 rings (SSSR count). The molecule has 0 saturated carbocycles. The van der Waals surface area contributed by atoms with Crippen LogP contribution in [0.15, 0.2) is 0 Å². The average molecular weight is 244 g/mol. The quantitative estimate of drug-likeness (QED) is 0.679. The van der Waals surface area contributed by atoms with Crippen molar-refractivity contribution in [2.45, 2.75) is 38.3 Å². The number of carbonyl (C=O) groups excluding carboxylic acids is 1. The van der Waals surface area contributed by atoms with Crippen molar-refractivity contribution in [3.8, 4) is 0 Å². The summed E-state index contributed by atoms with van der Waals surface area (Å²) in [6, 6.07) is 0.235. The molecule has 100 valence electrons. The van der Waals surface area contributed by atoms with Crippen LogP contribution in [0.2, 0.25) is 0 Å². The van der Waals surface area contributed by atoms with Crippen molar-refractivity contribution in [2.24, 2.45) is 11.7 Å². The van der Waals surface area contributed by atoms with Crippen LogP contribution in [-0.2, 0) is 9.53 Å². The number of hydrogen-bond donors (Lipinski definition) is 2. The van der Waals surface area contributed by atoms with Gasteiger partial charge in [0.2, 0.25) is 0 Å². The molecule has 0 radical (unpaired) electrons. The summed E-state index contributed by atoms with van der Waals surface area (Å²) < 4.78 is 4.59. The standard InChI is InChI=1S/C12H24N2O3/c1-4-9-7-14(6-5-10(9)13)8-12(2,16)11(15)17-3/h9-10,16H,4-8,13H2,1-3H3. The van der Waals surface area contributed by atoms with E-state index in [0.717, 1.165) is 25.9 Å². The van der Waals surface area contributed by atoms with Crippen LogP contribution in [0.5, 0.6) is 0 Å². The monoisotopic (exact) mass is 244 g/mol. The molecule has 17 heavy (non-hydrogen) atoms. The average Bonchev–Trinajstić information content (AvgIpc) is 2.30. The summed E-state index contributed by atoms with van der Waals surface area (Å²) in [6.45, 7) is 5.58. The van der Waals surface area contributed by atoms with E-state index < -0.39 is 11.6 Å². The van der Waals surface area contributed by atoms with Crippen LogP contribution in [0.4, 0.5) is 0 Å². The fourth-order valence-electron chi connectivity index (χ4n) is 2.42. The molecule has 0 bridgehead atoms. The van der Waals surface area contributed by atoms with Crippen LogP contribution in [0.1, 0.15) is 26.7 Å². The topological polar surface area (TPSA) is 75.8 Å². The van der Waals surface area contributed by atoms with Crippen LogP contribution in [-0.4, -0.2) is 54.4 Å². The van der Waals surface area contributed by atoms with Gasteiger partial charge in [-0.2, -0.15) is 0 Å². The Morgan fingerprint density at radius 1 is 1.65 bits per heavy atom. The number of methoxy groups -OCH3 is 1.